The smallest absolute Gasteiger partial charge is 0.328 e. The number of amides is 1. The molecule has 0 aliphatic carbocycles. The van der Waals surface area contributed by atoms with Gasteiger partial charge in [-0.15, -0.1) is 0 Å². The van der Waals surface area contributed by atoms with E-state index in [0.29, 0.717) is 12.3 Å². The molecule has 1 N–H and O–H groups in total. The minimum absolute atomic E-state index is 0.193. The molecule has 0 unspecified atom stereocenters. The Hall–Kier alpha value is -2.11. The van der Waals surface area contributed by atoms with Crippen molar-refractivity contribution in [2.75, 3.05) is 14.2 Å². The fourth-order valence-electron chi connectivity index (χ4n) is 1.56. The molecule has 6 heteroatoms. The number of hydrogen-bond donors (Lipinski definition) is 1. The van der Waals surface area contributed by atoms with Crippen molar-refractivity contribution in [3.8, 4) is 5.88 Å². The van der Waals surface area contributed by atoms with Gasteiger partial charge < -0.3 is 14.8 Å². The highest BCUT2D eigenvalue weighted by atomic mass is 16.5. The van der Waals surface area contributed by atoms with Gasteiger partial charge in [0.1, 0.15) is 6.04 Å². The van der Waals surface area contributed by atoms with Crippen LogP contribution in [-0.4, -0.2) is 37.1 Å². The molecule has 1 amide bonds. The third-order valence-electron chi connectivity index (χ3n) is 2.77. The number of nitrogens with one attached hydrogen (secondary N) is 1. The van der Waals surface area contributed by atoms with E-state index in [-0.39, 0.29) is 11.8 Å². The first-order valence-corrected chi connectivity index (χ1v) is 6.35. The molecule has 0 saturated heterocycles. The van der Waals surface area contributed by atoms with E-state index < -0.39 is 12.0 Å². The van der Waals surface area contributed by atoms with E-state index in [1.807, 2.05) is 0 Å². The first kappa shape index (κ1) is 15.9. The number of nitrogens with zero attached hydrogens (tertiary/aromatic N) is 1. The highest BCUT2D eigenvalue weighted by Crippen LogP contribution is 2.09. The lowest BCUT2D eigenvalue weighted by molar-refractivity contribution is -0.145. The summed E-state index contributed by atoms with van der Waals surface area (Å²) in [6.45, 7) is 3.53. The van der Waals surface area contributed by atoms with Crippen molar-refractivity contribution in [2.45, 2.75) is 26.3 Å². The molecule has 6 nitrogen and oxygen atoms in total. The van der Waals surface area contributed by atoms with E-state index in [9.17, 15) is 9.59 Å². The Labute approximate surface area is 118 Å². The number of ether oxygens (including phenoxy) is 2. The summed E-state index contributed by atoms with van der Waals surface area (Å²) in [4.78, 5) is 27.5. The summed E-state index contributed by atoms with van der Waals surface area (Å²) in [6, 6.07) is 2.78. The van der Waals surface area contributed by atoms with Gasteiger partial charge in [0.25, 0.3) is 0 Å². The lowest BCUT2D eigenvalue weighted by atomic mass is 10.1. The van der Waals surface area contributed by atoms with Gasteiger partial charge in [-0.2, -0.15) is 0 Å². The molecule has 1 rings (SSSR count). The Bertz CT molecular complexity index is 457. The number of aromatic nitrogens is 1. The van der Waals surface area contributed by atoms with E-state index in [2.05, 4.69) is 10.3 Å². The van der Waals surface area contributed by atoms with Crippen LogP contribution < -0.4 is 10.1 Å². The van der Waals surface area contributed by atoms with Crippen molar-refractivity contribution in [3.05, 3.63) is 23.9 Å². The van der Waals surface area contributed by atoms with Crippen LogP contribution in [-0.2, 0) is 20.7 Å². The van der Waals surface area contributed by atoms with Crippen LogP contribution in [0.5, 0.6) is 5.88 Å². The van der Waals surface area contributed by atoms with Crippen molar-refractivity contribution in [1.29, 1.82) is 0 Å². The van der Waals surface area contributed by atoms with E-state index in [4.69, 9.17) is 9.47 Å². The van der Waals surface area contributed by atoms with Crippen molar-refractivity contribution in [1.82, 2.24) is 10.3 Å². The van der Waals surface area contributed by atoms with Crippen molar-refractivity contribution in [2.24, 2.45) is 5.92 Å². The number of methoxy groups -OCH3 is 2. The molecule has 1 aromatic heterocycles. The number of rotatable bonds is 6. The van der Waals surface area contributed by atoms with E-state index in [0.717, 1.165) is 5.56 Å². The van der Waals surface area contributed by atoms with Crippen LogP contribution in [0.1, 0.15) is 19.4 Å². The molecular formula is C14H20N2O4. The van der Waals surface area contributed by atoms with Crippen LogP contribution in [0.25, 0.3) is 0 Å². The summed E-state index contributed by atoms with van der Waals surface area (Å²) < 4.78 is 9.68. The second-order valence-corrected chi connectivity index (χ2v) is 4.65. The zero-order valence-corrected chi connectivity index (χ0v) is 12.2. The Kier molecular flexibility index (Phi) is 5.96. The van der Waals surface area contributed by atoms with Gasteiger partial charge in [0.2, 0.25) is 11.8 Å². The first-order valence-electron chi connectivity index (χ1n) is 6.35. The second-order valence-electron chi connectivity index (χ2n) is 4.65. The molecule has 0 bridgehead atoms. The predicted molar refractivity (Wildman–Crippen MR) is 73.3 cm³/mol. The average Bonchev–Trinajstić information content (AvgIpc) is 2.46. The molecule has 0 fully saturated rings. The van der Waals surface area contributed by atoms with Gasteiger partial charge in [-0.25, -0.2) is 9.78 Å². The Balaban J connectivity index is 2.78. The lowest BCUT2D eigenvalue weighted by Crippen LogP contribution is -2.44. The maximum absolute atomic E-state index is 11.7. The number of carbonyl (C=O) groups is 2. The Morgan fingerprint density at radius 1 is 1.30 bits per heavy atom. The Morgan fingerprint density at radius 2 is 2.00 bits per heavy atom. The van der Waals surface area contributed by atoms with Crippen molar-refractivity contribution in [3.63, 3.8) is 0 Å². The predicted octanol–water partition coefficient (Wildman–Crippen LogP) is 0.946. The first-order chi connectivity index (χ1) is 9.47. The molecule has 0 radical (unpaired) electrons. The average molecular weight is 280 g/mol. The van der Waals surface area contributed by atoms with Gasteiger partial charge in [-0.05, 0) is 5.56 Å². The summed E-state index contributed by atoms with van der Waals surface area (Å²) in [5, 5.41) is 2.67. The number of carbonyl (C=O) groups excluding carboxylic acids is 2. The number of esters is 1. The SMILES string of the molecule is COC(=O)[C@@H](Cc1ccc(OC)nc1)NC(=O)C(C)C. The van der Waals surface area contributed by atoms with Crippen LogP contribution in [0.15, 0.2) is 18.3 Å². The van der Waals surface area contributed by atoms with E-state index in [1.54, 1.807) is 32.2 Å². The highest BCUT2D eigenvalue weighted by Gasteiger charge is 2.23. The monoisotopic (exact) mass is 280 g/mol. The second kappa shape index (κ2) is 7.47. The van der Waals surface area contributed by atoms with Crippen molar-refractivity contribution < 1.29 is 19.1 Å². The van der Waals surface area contributed by atoms with Crippen LogP contribution in [0.3, 0.4) is 0 Å². The van der Waals surface area contributed by atoms with Crippen LogP contribution in [0, 0.1) is 5.92 Å². The van der Waals surface area contributed by atoms with Gasteiger partial charge in [-0.1, -0.05) is 19.9 Å². The molecule has 20 heavy (non-hydrogen) atoms. The zero-order valence-electron chi connectivity index (χ0n) is 12.2. The van der Waals surface area contributed by atoms with E-state index in [1.165, 1.54) is 14.2 Å². The maximum atomic E-state index is 11.7. The highest BCUT2D eigenvalue weighted by molar-refractivity contribution is 5.85. The molecule has 0 saturated carbocycles. The Morgan fingerprint density at radius 3 is 2.45 bits per heavy atom. The largest absolute Gasteiger partial charge is 0.481 e. The summed E-state index contributed by atoms with van der Waals surface area (Å²) in [6.07, 6.45) is 1.93. The maximum Gasteiger partial charge on any atom is 0.328 e. The summed E-state index contributed by atoms with van der Waals surface area (Å²) in [5.74, 6) is -0.373. The molecule has 1 atom stereocenters. The van der Waals surface area contributed by atoms with Gasteiger partial charge in [0.15, 0.2) is 0 Å². The fraction of sp³-hybridized carbons (Fsp3) is 0.500. The van der Waals surface area contributed by atoms with Crippen LogP contribution >= 0.6 is 0 Å². The molecule has 1 aromatic rings. The minimum atomic E-state index is -0.718. The van der Waals surface area contributed by atoms with Gasteiger partial charge in [-0.3, -0.25) is 4.79 Å². The third kappa shape index (κ3) is 4.53. The molecular weight excluding hydrogens is 260 g/mol. The zero-order chi connectivity index (χ0) is 15.1. The summed E-state index contributed by atoms with van der Waals surface area (Å²) in [5.41, 5.74) is 0.810. The standard InChI is InChI=1S/C14H20N2O4/c1-9(2)13(17)16-11(14(18)20-4)7-10-5-6-12(19-3)15-8-10/h5-6,8-9,11H,7H2,1-4H3,(H,16,17)/t11-/m1/s1. The molecule has 0 aliphatic heterocycles. The molecule has 1 heterocycles. The summed E-state index contributed by atoms with van der Waals surface area (Å²) >= 11 is 0. The minimum Gasteiger partial charge on any atom is -0.481 e. The van der Waals surface area contributed by atoms with Gasteiger partial charge >= 0.3 is 5.97 Å². The fourth-order valence-corrected chi connectivity index (χ4v) is 1.56. The van der Waals surface area contributed by atoms with Crippen LogP contribution in [0.4, 0.5) is 0 Å². The van der Waals surface area contributed by atoms with Gasteiger partial charge in [0, 0.05) is 24.6 Å². The quantitative estimate of drug-likeness (QED) is 0.785. The van der Waals surface area contributed by atoms with Crippen molar-refractivity contribution >= 4 is 11.9 Å². The van der Waals surface area contributed by atoms with Crippen LogP contribution in [0.2, 0.25) is 0 Å². The molecule has 110 valence electrons. The molecule has 0 aliphatic rings. The summed E-state index contributed by atoms with van der Waals surface area (Å²) in [7, 11) is 2.82. The van der Waals surface area contributed by atoms with E-state index >= 15 is 0 Å². The topological polar surface area (TPSA) is 77.5 Å². The normalized spacial score (nSPS) is 11.8. The molecule has 0 spiro atoms. The third-order valence-corrected chi connectivity index (χ3v) is 2.77. The number of pyridine rings is 1. The lowest BCUT2D eigenvalue weighted by Gasteiger charge is -2.17. The molecule has 0 aromatic carbocycles. The van der Waals surface area contributed by atoms with Gasteiger partial charge in [0.05, 0.1) is 14.2 Å². The number of hydrogen-bond acceptors (Lipinski definition) is 5.